The van der Waals surface area contributed by atoms with Crippen molar-refractivity contribution >= 4 is 11.9 Å². The molecule has 98 valence electrons. The van der Waals surface area contributed by atoms with Crippen LogP contribution in [0.4, 0.5) is 0 Å². The highest BCUT2D eigenvalue weighted by atomic mass is 16.5. The lowest BCUT2D eigenvalue weighted by molar-refractivity contribution is -0.142. The van der Waals surface area contributed by atoms with Crippen LogP contribution in [0.1, 0.15) is 19.8 Å². The van der Waals surface area contributed by atoms with Gasteiger partial charge >= 0.3 is 5.97 Å². The second-order valence-corrected chi connectivity index (χ2v) is 4.38. The number of rotatable bonds is 6. The van der Waals surface area contributed by atoms with E-state index in [4.69, 9.17) is 15.6 Å². The van der Waals surface area contributed by atoms with Gasteiger partial charge in [0, 0.05) is 12.6 Å². The molecule has 4 N–H and O–H groups in total. The molecular formula is C11H20N2O4. The monoisotopic (exact) mass is 244 g/mol. The molecule has 1 amide bonds. The van der Waals surface area contributed by atoms with Gasteiger partial charge in [0.2, 0.25) is 5.91 Å². The van der Waals surface area contributed by atoms with Gasteiger partial charge in [0.25, 0.3) is 0 Å². The first-order valence-corrected chi connectivity index (χ1v) is 5.90. The van der Waals surface area contributed by atoms with Crippen molar-refractivity contribution in [3.8, 4) is 0 Å². The van der Waals surface area contributed by atoms with E-state index in [0.29, 0.717) is 19.6 Å². The van der Waals surface area contributed by atoms with Crippen molar-refractivity contribution in [3.63, 3.8) is 0 Å². The van der Waals surface area contributed by atoms with Crippen molar-refractivity contribution in [2.45, 2.75) is 25.8 Å². The van der Waals surface area contributed by atoms with E-state index in [-0.39, 0.29) is 24.4 Å². The predicted octanol–water partition coefficient (Wildman–Crippen LogP) is -0.423. The Kier molecular flexibility index (Phi) is 5.37. The molecule has 0 bridgehead atoms. The highest BCUT2D eigenvalue weighted by Crippen LogP contribution is 2.12. The predicted molar refractivity (Wildman–Crippen MR) is 61.3 cm³/mol. The largest absolute Gasteiger partial charge is 0.481 e. The van der Waals surface area contributed by atoms with Crippen LogP contribution in [0, 0.1) is 11.8 Å². The van der Waals surface area contributed by atoms with Crippen molar-refractivity contribution < 1.29 is 19.4 Å². The Bertz CT molecular complexity index is 283. The highest BCUT2D eigenvalue weighted by Gasteiger charge is 2.31. The number of carbonyl (C=O) groups excluding carboxylic acids is 1. The highest BCUT2D eigenvalue weighted by molar-refractivity contribution is 5.80. The van der Waals surface area contributed by atoms with Gasteiger partial charge in [-0.1, -0.05) is 13.3 Å². The Morgan fingerprint density at radius 1 is 1.53 bits per heavy atom. The molecule has 0 aromatic heterocycles. The summed E-state index contributed by atoms with van der Waals surface area (Å²) in [6.07, 6.45) is 1.34. The third-order valence-corrected chi connectivity index (χ3v) is 2.97. The van der Waals surface area contributed by atoms with E-state index in [1.165, 1.54) is 0 Å². The maximum absolute atomic E-state index is 11.7. The maximum Gasteiger partial charge on any atom is 0.308 e. The Morgan fingerprint density at radius 2 is 2.24 bits per heavy atom. The van der Waals surface area contributed by atoms with Crippen molar-refractivity contribution in [1.29, 1.82) is 0 Å². The van der Waals surface area contributed by atoms with Crippen molar-refractivity contribution in [2.75, 3.05) is 19.8 Å². The van der Waals surface area contributed by atoms with Crippen molar-refractivity contribution in [2.24, 2.45) is 17.6 Å². The smallest absolute Gasteiger partial charge is 0.308 e. The molecule has 6 heteroatoms. The second kappa shape index (κ2) is 6.56. The third-order valence-electron chi connectivity index (χ3n) is 2.97. The molecule has 17 heavy (non-hydrogen) atoms. The first-order valence-electron chi connectivity index (χ1n) is 5.90. The van der Waals surface area contributed by atoms with E-state index in [2.05, 4.69) is 5.32 Å². The zero-order valence-corrected chi connectivity index (χ0v) is 10.0. The molecule has 3 atom stereocenters. The van der Waals surface area contributed by atoms with Gasteiger partial charge < -0.3 is 20.9 Å². The number of carboxylic acid groups (broad SMARTS) is 1. The van der Waals surface area contributed by atoms with Gasteiger partial charge in [0.1, 0.15) is 0 Å². The van der Waals surface area contributed by atoms with E-state index >= 15 is 0 Å². The van der Waals surface area contributed by atoms with Gasteiger partial charge in [-0.15, -0.1) is 0 Å². The summed E-state index contributed by atoms with van der Waals surface area (Å²) in [5.41, 5.74) is 5.70. The summed E-state index contributed by atoms with van der Waals surface area (Å²) in [4.78, 5) is 22.6. The summed E-state index contributed by atoms with van der Waals surface area (Å²) in [6, 6.07) is -0.288. The lowest BCUT2D eigenvalue weighted by Gasteiger charge is -2.16. The molecule has 0 spiro atoms. The Balaban J connectivity index is 2.38. The molecule has 0 saturated carbocycles. The van der Waals surface area contributed by atoms with Crippen molar-refractivity contribution in [1.82, 2.24) is 5.32 Å². The van der Waals surface area contributed by atoms with Crippen molar-refractivity contribution in [3.05, 3.63) is 0 Å². The average molecular weight is 244 g/mol. The van der Waals surface area contributed by atoms with Gasteiger partial charge in [-0.2, -0.15) is 0 Å². The molecule has 0 radical (unpaired) electrons. The van der Waals surface area contributed by atoms with Crippen LogP contribution in [0.15, 0.2) is 0 Å². The topological polar surface area (TPSA) is 102 Å². The molecule has 6 nitrogen and oxygen atoms in total. The molecule has 0 aliphatic carbocycles. The number of nitrogens with one attached hydrogen (secondary N) is 1. The van der Waals surface area contributed by atoms with Gasteiger partial charge in [0.05, 0.1) is 25.0 Å². The number of carbonyl (C=O) groups is 2. The number of ether oxygens (including phenoxy) is 1. The maximum atomic E-state index is 11.7. The number of amides is 1. The molecule has 1 aliphatic heterocycles. The SMILES string of the molecule is CCCC(CNC(=O)C1COCC1N)C(=O)O. The summed E-state index contributed by atoms with van der Waals surface area (Å²) in [5, 5.41) is 11.6. The van der Waals surface area contributed by atoms with Crippen LogP contribution in [0.2, 0.25) is 0 Å². The molecular weight excluding hydrogens is 224 g/mol. The van der Waals surface area contributed by atoms with Crippen LogP contribution < -0.4 is 11.1 Å². The minimum absolute atomic E-state index is 0.158. The first kappa shape index (κ1) is 13.9. The number of aliphatic carboxylic acids is 1. The summed E-state index contributed by atoms with van der Waals surface area (Å²) < 4.78 is 5.09. The van der Waals surface area contributed by atoms with Crippen LogP contribution in [0.5, 0.6) is 0 Å². The lowest BCUT2D eigenvalue weighted by atomic mass is 10.0. The fraction of sp³-hybridized carbons (Fsp3) is 0.818. The number of carboxylic acids is 1. The van der Waals surface area contributed by atoms with Gasteiger partial charge in [0.15, 0.2) is 0 Å². The van der Waals surface area contributed by atoms with E-state index in [1.54, 1.807) is 0 Å². The van der Waals surface area contributed by atoms with E-state index in [1.807, 2.05) is 6.92 Å². The fourth-order valence-corrected chi connectivity index (χ4v) is 1.86. The normalized spacial score (nSPS) is 25.5. The average Bonchev–Trinajstić information content (AvgIpc) is 2.69. The van der Waals surface area contributed by atoms with Gasteiger partial charge in [-0.3, -0.25) is 9.59 Å². The Labute approximate surface area is 101 Å². The molecule has 1 saturated heterocycles. The van der Waals surface area contributed by atoms with E-state index in [9.17, 15) is 9.59 Å². The van der Waals surface area contributed by atoms with Crippen LogP contribution in [0.3, 0.4) is 0 Å². The number of hydrogen-bond donors (Lipinski definition) is 3. The Hall–Kier alpha value is -1.14. The fourth-order valence-electron chi connectivity index (χ4n) is 1.86. The summed E-state index contributed by atoms with van der Waals surface area (Å²) in [7, 11) is 0. The number of hydrogen-bond acceptors (Lipinski definition) is 4. The van der Waals surface area contributed by atoms with Crippen LogP contribution >= 0.6 is 0 Å². The summed E-state index contributed by atoms with van der Waals surface area (Å²) >= 11 is 0. The van der Waals surface area contributed by atoms with Gasteiger partial charge in [-0.25, -0.2) is 0 Å². The van der Waals surface area contributed by atoms with Crippen LogP contribution in [-0.2, 0) is 14.3 Å². The zero-order valence-electron chi connectivity index (χ0n) is 10.0. The molecule has 0 aromatic rings. The van der Waals surface area contributed by atoms with Crippen LogP contribution in [-0.4, -0.2) is 42.8 Å². The number of nitrogens with two attached hydrogens (primary N) is 1. The molecule has 1 rings (SSSR count). The van der Waals surface area contributed by atoms with Gasteiger partial charge in [-0.05, 0) is 6.42 Å². The quantitative estimate of drug-likeness (QED) is 0.589. The summed E-state index contributed by atoms with van der Waals surface area (Å²) in [6.45, 7) is 2.78. The molecule has 3 unspecified atom stereocenters. The molecule has 1 heterocycles. The van der Waals surface area contributed by atoms with E-state index in [0.717, 1.165) is 6.42 Å². The second-order valence-electron chi connectivity index (χ2n) is 4.38. The first-order chi connectivity index (χ1) is 8.06. The molecule has 1 fully saturated rings. The minimum atomic E-state index is -0.876. The lowest BCUT2D eigenvalue weighted by Crippen LogP contribution is -2.43. The van der Waals surface area contributed by atoms with E-state index < -0.39 is 11.9 Å². The summed E-state index contributed by atoms with van der Waals surface area (Å²) in [5.74, 6) is -1.97. The standard InChI is InChI=1S/C11H20N2O4/c1-2-3-7(11(15)16)4-13-10(14)8-5-17-6-9(8)12/h7-9H,2-6,12H2,1H3,(H,13,14)(H,15,16). The Morgan fingerprint density at radius 3 is 2.71 bits per heavy atom. The third kappa shape index (κ3) is 3.98. The van der Waals surface area contributed by atoms with Crippen LogP contribution in [0.25, 0.3) is 0 Å². The molecule has 1 aliphatic rings. The molecule has 0 aromatic carbocycles. The minimum Gasteiger partial charge on any atom is -0.481 e. The zero-order chi connectivity index (χ0) is 12.8.